The smallest absolute Gasteiger partial charge is 0.256 e. The molecular formula is C26H22FN7O2. The summed E-state index contributed by atoms with van der Waals surface area (Å²) in [4.78, 5) is 16.5. The van der Waals surface area contributed by atoms with Gasteiger partial charge in [-0.2, -0.15) is 5.10 Å². The van der Waals surface area contributed by atoms with Gasteiger partial charge in [-0.1, -0.05) is 35.4 Å². The summed E-state index contributed by atoms with van der Waals surface area (Å²) >= 11 is 0. The summed E-state index contributed by atoms with van der Waals surface area (Å²) in [5.74, 6) is 0.0234. The van der Waals surface area contributed by atoms with Crippen LogP contribution in [0.2, 0.25) is 0 Å². The standard InChI is InChI=1S/C26H22FN7O2/c1-16-25(23(14-29-33-28)34(32-16)15-17-8-10-18(27)11-9-17)31-26(35)20-13-22(24-7-4-12-36-24)30-21-6-3-2-5-19(20)21/h2-13,22,30H,14-15H2,1H3,(H,31,35). The molecular weight excluding hydrogens is 461 g/mol. The van der Waals surface area contributed by atoms with Crippen LogP contribution in [0.25, 0.3) is 16.0 Å². The highest BCUT2D eigenvalue weighted by molar-refractivity contribution is 6.27. The van der Waals surface area contributed by atoms with Crippen molar-refractivity contribution in [2.75, 3.05) is 10.6 Å². The van der Waals surface area contributed by atoms with Crippen LogP contribution in [0, 0.1) is 12.7 Å². The molecule has 5 rings (SSSR count). The maximum atomic E-state index is 13.6. The van der Waals surface area contributed by atoms with E-state index in [2.05, 4.69) is 25.8 Å². The Labute approximate surface area is 205 Å². The first-order valence-corrected chi connectivity index (χ1v) is 11.3. The molecule has 0 aliphatic carbocycles. The number of furan rings is 1. The van der Waals surface area contributed by atoms with Crippen molar-refractivity contribution in [1.29, 1.82) is 0 Å². The molecule has 1 aliphatic heterocycles. The van der Waals surface area contributed by atoms with Crippen LogP contribution in [0.5, 0.6) is 0 Å². The van der Waals surface area contributed by atoms with Crippen molar-refractivity contribution in [3.63, 3.8) is 0 Å². The quantitative estimate of drug-likeness (QED) is 0.191. The molecule has 0 saturated carbocycles. The Morgan fingerprint density at radius 2 is 2.03 bits per heavy atom. The number of amides is 1. The van der Waals surface area contributed by atoms with Gasteiger partial charge in [0, 0.05) is 21.7 Å². The third kappa shape index (κ3) is 4.57. The van der Waals surface area contributed by atoms with Crippen LogP contribution in [0.15, 0.2) is 82.5 Å². The van der Waals surface area contributed by atoms with Crippen LogP contribution in [0.3, 0.4) is 0 Å². The van der Waals surface area contributed by atoms with Crippen molar-refractivity contribution in [2.24, 2.45) is 5.11 Å². The summed E-state index contributed by atoms with van der Waals surface area (Å²) in [6, 6.07) is 16.9. The highest BCUT2D eigenvalue weighted by atomic mass is 19.1. The van der Waals surface area contributed by atoms with Crippen LogP contribution in [-0.2, 0) is 17.9 Å². The average molecular weight is 484 g/mol. The minimum Gasteiger partial charge on any atom is -0.467 e. The topological polar surface area (TPSA) is 121 Å². The summed E-state index contributed by atoms with van der Waals surface area (Å²) < 4.78 is 20.6. The van der Waals surface area contributed by atoms with Gasteiger partial charge in [-0.25, -0.2) is 4.39 Å². The summed E-state index contributed by atoms with van der Waals surface area (Å²) in [6.07, 6.45) is 3.41. The fraction of sp³-hybridized carbons (Fsp3) is 0.154. The Morgan fingerprint density at radius 1 is 1.22 bits per heavy atom. The van der Waals surface area contributed by atoms with Crippen molar-refractivity contribution in [3.8, 4) is 0 Å². The SMILES string of the molecule is Cc1nn(Cc2ccc(F)cc2)c(CN=[N+]=[N-])c1NC(=O)C1=CC(c2ccco2)Nc2ccccc21. The minimum atomic E-state index is -0.332. The zero-order valence-electron chi connectivity index (χ0n) is 19.4. The normalized spacial score (nSPS) is 14.3. The van der Waals surface area contributed by atoms with E-state index in [1.54, 1.807) is 36.1 Å². The highest BCUT2D eigenvalue weighted by Crippen LogP contribution is 2.36. The van der Waals surface area contributed by atoms with Gasteiger partial charge in [-0.3, -0.25) is 9.48 Å². The maximum absolute atomic E-state index is 13.6. The third-order valence-electron chi connectivity index (χ3n) is 5.96. The molecule has 0 fully saturated rings. The van der Waals surface area contributed by atoms with E-state index in [0.717, 1.165) is 16.8 Å². The molecule has 36 heavy (non-hydrogen) atoms. The molecule has 1 atom stereocenters. The summed E-state index contributed by atoms with van der Waals surface area (Å²) in [7, 11) is 0. The van der Waals surface area contributed by atoms with E-state index in [9.17, 15) is 9.18 Å². The van der Waals surface area contributed by atoms with E-state index in [4.69, 9.17) is 9.95 Å². The average Bonchev–Trinajstić information content (AvgIpc) is 3.52. The molecule has 0 bridgehead atoms. The van der Waals surface area contributed by atoms with Crippen molar-refractivity contribution < 1.29 is 13.6 Å². The number of halogens is 1. The number of rotatable bonds is 7. The van der Waals surface area contributed by atoms with Gasteiger partial charge < -0.3 is 15.1 Å². The number of para-hydroxylation sites is 1. The first-order chi connectivity index (χ1) is 17.5. The van der Waals surface area contributed by atoms with E-state index < -0.39 is 0 Å². The largest absolute Gasteiger partial charge is 0.467 e. The second-order valence-electron chi connectivity index (χ2n) is 8.30. The Kier molecular flexibility index (Phi) is 6.25. The lowest BCUT2D eigenvalue weighted by atomic mass is 9.95. The Balaban J connectivity index is 1.49. The van der Waals surface area contributed by atoms with Gasteiger partial charge in [0.2, 0.25) is 0 Å². The number of anilines is 2. The lowest BCUT2D eigenvalue weighted by molar-refractivity contribution is -0.111. The molecule has 4 aromatic rings. The summed E-state index contributed by atoms with van der Waals surface area (Å²) in [5, 5.41) is 14.6. The zero-order chi connectivity index (χ0) is 25.1. The lowest BCUT2D eigenvalue weighted by Crippen LogP contribution is -2.22. The molecule has 1 aliphatic rings. The van der Waals surface area contributed by atoms with Gasteiger partial charge >= 0.3 is 0 Å². The molecule has 10 heteroatoms. The van der Waals surface area contributed by atoms with E-state index in [0.29, 0.717) is 35.0 Å². The number of aryl methyl sites for hydroxylation is 1. The van der Waals surface area contributed by atoms with E-state index >= 15 is 0 Å². The van der Waals surface area contributed by atoms with Crippen molar-refractivity contribution >= 4 is 22.9 Å². The molecule has 2 aromatic heterocycles. The van der Waals surface area contributed by atoms with Crippen LogP contribution in [0.4, 0.5) is 15.8 Å². The number of hydrogen-bond acceptors (Lipinski definition) is 5. The van der Waals surface area contributed by atoms with E-state index in [1.165, 1.54) is 12.1 Å². The number of fused-ring (bicyclic) bond motifs is 1. The van der Waals surface area contributed by atoms with Gasteiger partial charge in [0.25, 0.3) is 5.91 Å². The second-order valence-corrected chi connectivity index (χ2v) is 8.30. The molecule has 2 N–H and O–H groups in total. The fourth-order valence-electron chi connectivity index (χ4n) is 4.25. The molecule has 1 unspecified atom stereocenters. The Bertz CT molecular complexity index is 1480. The number of hydrogen-bond donors (Lipinski definition) is 2. The summed E-state index contributed by atoms with van der Waals surface area (Å²) in [6.45, 7) is 2.08. The van der Waals surface area contributed by atoms with Crippen LogP contribution >= 0.6 is 0 Å². The molecule has 180 valence electrons. The number of aromatic nitrogens is 2. The number of azide groups is 1. The highest BCUT2D eigenvalue weighted by Gasteiger charge is 2.27. The van der Waals surface area contributed by atoms with Gasteiger partial charge in [-0.05, 0) is 54.4 Å². The minimum absolute atomic E-state index is 0.0135. The van der Waals surface area contributed by atoms with Crippen LogP contribution in [0.1, 0.15) is 34.3 Å². The lowest BCUT2D eigenvalue weighted by Gasteiger charge is -2.25. The molecule has 0 spiro atoms. The third-order valence-corrected chi connectivity index (χ3v) is 5.96. The Hall–Kier alpha value is -4.82. The first kappa shape index (κ1) is 22.9. The molecule has 0 saturated heterocycles. The van der Waals surface area contributed by atoms with Crippen molar-refractivity contribution in [3.05, 3.63) is 118 Å². The summed E-state index contributed by atoms with van der Waals surface area (Å²) in [5.41, 5.74) is 13.4. The molecule has 2 aromatic carbocycles. The predicted octanol–water partition coefficient (Wildman–Crippen LogP) is 5.97. The van der Waals surface area contributed by atoms with Crippen molar-refractivity contribution in [2.45, 2.75) is 26.1 Å². The van der Waals surface area contributed by atoms with Gasteiger partial charge in [-0.15, -0.1) is 0 Å². The number of carbonyl (C=O) groups is 1. The van der Waals surface area contributed by atoms with Gasteiger partial charge in [0.15, 0.2) is 0 Å². The van der Waals surface area contributed by atoms with E-state index in [-0.39, 0.29) is 24.3 Å². The molecule has 0 radical (unpaired) electrons. The van der Waals surface area contributed by atoms with Crippen molar-refractivity contribution in [1.82, 2.24) is 9.78 Å². The Morgan fingerprint density at radius 3 is 2.78 bits per heavy atom. The zero-order valence-corrected chi connectivity index (χ0v) is 19.4. The maximum Gasteiger partial charge on any atom is 0.256 e. The number of benzene rings is 2. The molecule has 9 nitrogen and oxygen atoms in total. The number of nitrogens with zero attached hydrogens (tertiary/aromatic N) is 5. The fourth-order valence-corrected chi connectivity index (χ4v) is 4.25. The predicted molar refractivity (Wildman–Crippen MR) is 133 cm³/mol. The molecule has 3 heterocycles. The number of carbonyl (C=O) groups excluding carboxylic acids is 1. The van der Waals surface area contributed by atoms with Crippen LogP contribution < -0.4 is 10.6 Å². The first-order valence-electron chi connectivity index (χ1n) is 11.3. The number of nitrogens with one attached hydrogen (secondary N) is 2. The van der Waals surface area contributed by atoms with Gasteiger partial charge in [0.1, 0.15) is 17.6 Å². The monoisotopic (exact) mass is 483 g/mol. The second kappa shape index (κ2) is 9.81. The van der Waals surface area contributed by atoms with Gasteiger partial charge in [0.05, 0.1) is 36.4 Å². The van der Waals surface area contributed by atoms with Crippen LogP contribution in [-0.4, -0.2) is 15.7 Å². The van der Waals surface area contributed by atoms with E-state index in [1.807, 2.05) is 36.4 Å². The molecule has 1 amide bonds.